The van der Waals surface area contributed by atoms with Crippen molar-refractivity contribution in [2.75, 3.05) is 5.73 Å². The van der Waals surface area contributed by atoms with E-state index in [0.29, 0.717) is 5.56 Å². The molecule has 0 spiro atoms. The van der Waals surface area contributed by atoms with E-state index < -0.39 is 17.4 Å². The average molecular weight is 282 g/mol. The van der Waals surface area contributed by atoms with E-state index in [9.17, 15) is 13.6 Å². The van der Waals surface area contributed by atoms with Crippen LogP contribution in [0, 0.1) is 11.6 Å². The lowest BCUT2D eigenvalue weighted by Crippen LogP contribution is -2.09. The number of rotatable bonds is 3. The molecule has 0 radical (unpaired) electrons. The van der Waals surface area contributed by atoms with Gasteiger partial charge >= 0.3 is 0 Å². The van der Waals surface area contributed by atoms with Crippen LogP contribution in [0.25, 0.3) is 0 Å². The summed E-state index contributed by atoms with van der Waals surface area (Å²) in [4.78, 5) is 12.0. The van der Waals surface area contributed by atoms with Gasteiger partial charge in [0.25, 0.3) is 0 Å². The summed E-state index contributed by atoms with van der Waals surface area (Å²) in [6.07, 6.45) is -0.135. The second-order valence-corrected chi connectivity index (χ2v) is 4.39. The van der Waals surface area contributed by atoms with E-state index in [1.165, 1.54) is 30.3 Å². The molecule has 2 aromatic rings. The summed E-state index contributed by atoms with van der Waals surface area (Å²) >= 11 is 5.76. The van der Waals surface area contributed by atoms with Gasteiger partial charge < -0.3 is 5.73 Å². The van der Waals surface area contributed by atoms with Crippen LogP contribution >= 0.6 is 11.6 Å². The molecule has 0 unspecified atom stereocenters. The van der Waals surface area contributed by atoms with Crippen molar-refractivity contribution < 1.29 is 13.6 Å². The highest BCUT2D eigenvalue weighted by Gasteiger charge is 2.15. The molecule has 0 heterocycles. The molecule has 2 aromatic carbocycles. The molecule has 19 heavy (non-hydrogen) atoms. The maximum Gasteiger partial charge on any atom is 0.169 e. The summed E-state index contributed by atoms with van der Waals surface area (Å²) in [6.45, 7) is 0. The Bertz CT molecular complexity index is 643. The first kappa shape index (κ1) is 13.5. The number of nitrogens with two attached hydrogens (primary N) is 1. The van der Waals surface area contributed by atoms with E-state index in [2.05, 4.69) is 0 Å². The van der Waals surface area contributed by atoms with Gasteiger partial charge in [-0.2, -0.15) is 0 Å². The SMILES string of the molecule is Nc1c(F)cccc1C(=O)Cc1cccc(F)c1Cl. The van der Waals surface area contributed by atoms with Crippen LogP contribution in [0.5, 0.6) is 0 Å². The largest absolute Gasteiger partial charge is 0.396 e. The lowest BCUT2D eigenvalue weighted by atomic mass is 10.0. The first-order valence-corrected chi connectivity index (χ1v) is 5.88. The van der Waals surface area contributed by atoms with Gasteiger partial charge in [-0.05, 0) is 23.8 Å². The van der Waals surface area contributed by atoms with E-state index in [1.807, 2.05) is 0 Å². The summed E-state index contributed by atoms with van der Waals surface area (Å²) in [7, 11) is 0. The van der Waals surface area contributed by atoms with E-state index in [-0.39, 0.29) is 22.7 Å². The third-order valence-electron chi connectivity index (χ3n) is 2.74. The zero-order chi connectivity index (χ0) is 14.0. The van der Waals surface area contributed by atoms with Gasteiger partial charge in [0.05, 0.1) is 10.7 Å². The minimum atomic E-state index is -0.656. The molecular formula is C14H10ClF2NO. The van der Waals surface area contributed by atoms with Gasteiger partial charge in [-0.25, -0.2) is 8.78 Å². The molecule has 0 bridgehead atoms. The van der Waals surface area contributed by atoms with Crippen LogP contribution in [0.3, 0.4) is 0 Å². The van der Waals surface area contributed by atoms with Crippen molar-refractivity contribution in [3.8, 4) is 0 Å². The number of nitrogen functional groups attached to an aromatic ring is 1. The highest BCUT2D eigenvalue weighted by molar-refractivity contribution is 6.31. The second kappa shape index (κ2) is 5.36. The van der Waals surface area contributed by atoms with Gasteiger partial charge in [-0.3, -0.25) is 4.79 Å². The normalized spacial score (nSPS) is 10.5. The summed E-state index contributed by atoms with van der Waals surface area (Å²) in [5, 5.41) is -0.106. The number of carbonyl (C=O) groups excluding carboxylic acids is 1. The minimum absolute atomic E-state index is 0.0697. The third-order valence-corrected chi connectivity index (χ3v) is 3.16. The fourth-order valence-electron chi connectivity index (χ4n) is 1.73. The first-order valence-electron chi connectivity index (χ1n) is 5.50. The topological polar surface area (TPSA) is 43.1 Å². The molecule has 98 valence electrons. The van der Waals surface area contributed by atoms with Crippen molar-refractivity contribution in [3.05, 3.63) is 64.2 Å². The van der Waals surface area contributed by atoms with Crippen LogP contribution in [0.4, 0.5) is 14.5 Å². The van der Waals surface area contributed by atoms with E-state index in [0.717, 1.165) is 0 Å². The fourth-order valence-corrected chi connectivity index (χ4v) is 1.93. The summed E-state index contributed by atoms with van der Waals surface area (Å²) in [5.74, 6) is -1.67. The number of para-hydroxylation sites is 1. The Morgan fingerprint density at radius 2 is 1.74 bits per heavy atom. The third kappa shape index (κ3) is 2.74. The van der Waals surface area contributed by atoms with Crippen molar-refractivity contribution >= 4 is 23.1 Å². The van der Waals surface area contributed by atoms with Crippen LogP contribution in [-0.2, 0) is 6.42 Å². The fraction of sp³-hybridized carbons (Fsp3) is 0.0714. The molecule has 0 amide bonds. The Hall–Kier alpha value is -1.94. The zero-order valence-corrected chi connectivity index (χ0v) is 10.5. The molecule has 0 atom stereocenters. The Labute approximate surface area is 113 Å². The number of carbonyl (C=O) groups is 1. The molecule has 2 nitrogen and oxygen atoms in total. The van der Waals surface area contributed by atoms with Gasteiger partial charge in [0.15, 0.2) is 5.78 Å². The lowest BCUT2D eigenvalue weighted by molar-refractivity contribution is 0.0993. The maximum atomic E-state index is 13.3. The summed E-state index contributed by atoms with van der Waals surface area (Å²) in [6, 6.07) is 8.19. The van der Waals surface area contributed by atoms with Gasteiger partial charge in [0.2, 0.25) is 0 Å². The van der Waals surface area contributed by atoms with E-state index >= 15 is 0 Å². The van der Waals surface area contributed by atoms with Crippen molar-refractivity contribution in [2.45, 2.75) is 6.42 Å². The number of ketones is 1. The van der Waals surface area contributed by atoms with Crippen LogP contribution in [-0.4, -0.2) is 5.78 Å². The number of hydrogen-bond donors (Lipinski definition) is 1. The molecule has 0 aliphatic carbocycles. The molecule has 2 N–H and O–H groups in total. The van der Waals surface area contributed by atoms with Crippen molar-refractivity contribution in [3.63, 3.8) is 0 Å². The predicted octanol–water partition coefficient (Wildman–Crippen LogP) is 3.63. The van der Waals surface area contributed by atoms with E-state index in [4.69, 9.17) is 17.3 Å². The standard InChI is InChI=1S/C14H10ClF2NO/c15-13-8(3-1-5-10(13)16)7-12(19)9-4-2-6-11(17)14(9)18/h1-6H,7,18H2. The Balaban J connectivity index is 2.31. The number of anilines is 1. The number of halogens is 3. The monoisotopic (exact) mass is 281 g/mol. The van der Waals surface area contributed by atoms with Crippen LogP contribution in [0.15, 0.2) is 36.4 Å². The molecule has 0 aromatic heterocycles. The quantitative estimate of drug-likeness (QED) is 0.690. The Morgan fingerprint density at radius 3 is 2.47 bits per heavy atom. The number of benzene rings is 2. The van der Waals surface area contributed by atoms with E-state index in [1.54, 1.807) is 6.07 Å². The van der Waals surface area contributed by atoms with Crippen molar-refractivity contribution in [1.29, 1.82) is 0 Å². The molecule has 5 heteroatoms. The molecular weight excluding hydrogens is 272 g/mol. The van der Waals surface area contributed by atoms with Crippen molar-refractivity contribution in [2.24, 2.45) is 0 Å². The Morgan fingerprint density at radius 1 is 1.11 bits per heavy atom. The maximum absolute atomic E-state index is 13.3. The smallest absolute Gasteiger partial charge is 0.169 e. The minimum Gasteiger partial charge on any atom is -0.396 e. The molecule has 0 aliphatic heterocycles. The summed E-state index contributed by atoms with van der Waals surface area (Å²) in [5.41, 5.74) is 5.71. The highest BCUT2D eigenvalue weighted by atomic mass is 35.5. The van der Waals surface area contributed by atoms with Gasteiger partial charge in [-0.1, -0.05) is 29.8 Å². The zero-order valence-electron chi connectivity index (χ0n) is 9.79. The van der Waals surface area contributed by atoms with Crippen LogP contribution in [0.1, 0.15) is 15.9 Å². The van der Waals surface area contributed by atoms with Gasteiger partial charge in [-0.15, -0.1) is 0 Å². The predicted molar refractivity (Wildman–Crippen MR) is 70.3 cm³/mol. The number of hydrogen-bond acceptors (Lipinski definition) is 2. The first-order chi connectivity index (χ1) is 9.00. The Kier molecular flexibility index (Phi) is 3.81. The molecule has 0 aliphatic rings. The molecule has 0 fully saturated rings. The highest BCUT2D eigenvalue weighted by Crippen LogP contribution is 2.23. The molecule has 0 saturated heterocycles. The van der Waals surface area contributed by atoms with Crippen LogP contribution in [0.2, 0.25) is 5.02 Å². The average Bonchev–Trinajstić information content (AvgIpc) is 2.38. The van der Waals surface area contributed by atoms with Crippen molar-refractivity contribution in [1.82, 2.24) is 0 Å². The lowest BCUT2D eigenvalue weighted by Gasteiger charge is -2.07. The van der Waals surface area contributed by atoms with Gasteiger partial charge in [0, 0.05) is 12.0 Å². The number of Topliss-reactive ketones (excluding diaryl/α,β-unsaturated/α-hetero) is 1. The second-order valence-electron chi connectivity index (χ2n) is 4.01. The van der Waals surface area contributed by atoms with Gasteiger partial charge in [0.1, 0.15) is 11.6 Å². The molecule has 2 rings (SSSR count). The summed E-state index contributed by atoms with van der Waals surface area (Å²) < 4.78 is 26.5. The molecule has 0 saturated carbocycles. The van der Waals surface area contributed by atoms with Crippen LogP contribution < -0.4 is 5.73 Å².